The molecule has 0 spiro atoms. The molecule has 0 N–H and O–H groups in total. The molecule has 29 heavy (non-hydrogen) atoms. The van der Waals surface area contributed by atoms with Crippen LogP contribution in [0.1, 0.15) is 10.5 Å². The van der Waals surface area contributed by atoms with Gasteiger partial charge in [-0.2, -0.15) is 5.10 Å². The van der Waals surface area contributed by atoms with Crippen LogP contribution in [0, 0.1) is 5.82 Å². The predicted octanol–water partition coefficient (Wildman–Crippen LogP) is 3.20. The highest BCUT2D eigenvalue weighted by Gasteiger charge is 2.25. The van der Waals surface area contributed by atoms with Crippen LogP contribution in [-0.4, -0.2) is 53.9 Å². The quantitative estimate of drug-likeness (QED) is 0.682. The molecular formula is C22H23FN4O2. The molecule has 3 aromatic rings. The second-order valence-corrected chi connectivity index (χ2v) is 7.02. The second-order valence-electron chi connectivity index (χ2n) is 7.02. The van der Waals surface area contributed by atoms with Gasteiger partial charge in [-0.05, 0) is 60.2 Å². The molecule has 1 fully saturated rings. The number of halogens is 1. The third-order valence-electron chi connectivity index (χ3n) is 5.24. The van der Waals surface area contributed by atoms with Crippen LogP contribution < -0.4 is 9.64 Å². The zero-order valence-corrected chi connectivity index (χ0v) is 16.5. The minimum Gasteiger partial charge on any atom is -0.497 e. The molecule has 2 aromatic carbocycles. The molecule has 0 aliphatic carbocycles. The third kappa shape index (κ3) is 3.94. The Hall–Kier alpha value is -3.35. The van der Waals surface area contributed by atoms with Crippen LogP contribution >= 0.6 is 0 Å². The van der Waals surface area contributed by atoms with Crippen LogP contribution in [0.25, 0.3) is 11.3 Å². The Morgan fingerprint density at radius 2 is 1.66 bits per heavy atom. The SMILES string of the molecule is COc1ccc(N2CCN(C(=O)c3cc(-c4ccc(F)cc4)n(C)n3)CC2)cc1. The molecular weight excluding hydrogens is 371 g/mol. The number of methoxy groups -OCH3 is 1. The lowest BCUT2D eigenvalue weighted by Crippen LogP contribution is -2.48. The minimum absolute atomic E-state index is 0.0802. The summed E-state index contributed by atoms with van der Waals surface area (Å²) in [5, 5.41) is 4.39. The number of aryl methyl sites for hydroxylation is 1. The number of amides is 1. The van der Waals surface area contributed by atoms with Crippen molar-refractivity contribution in [3.05, 3.63) is 66.1 Å². The fourth-order valence-electron chi connectivity index (χ4n) is 3.59. The van der Waals surface area contributed by atoms with Gasteiger partial charge in [-0.15, -0.1) is 0 Å². The number of carbonyl (C=O) groups is 1. The van der Waals surface area contributed by atoms with Crippen molar-refractivity contribution in [3.63, 3.8) is 0 Å². The van der Waals surface area contributed by atoms with Crippen LogP contribution in [-0.2, 0) is 7.05 Å². The summed E-state index contributed by atoms with van der Waals surface area (Å²) in [7, 11) is 3.44. The highest BCUT2D eigenvalue weighted by molar-refractivity contribution is 5.93. The smallest absolute Gasteiger partial charge is 0.274 e. The number of anilines is 1. The maximum atomic E-state index is 13.2. The Balaban J connectivity index is 1.43. The first-order valence-corrected chi connectivity index (χ1v) is 9.53. The lowest BCUT2D eigenvalue weighted by Gasteiger charge is -2.35. The van der Waals surface area contributed by atoms with Crippen molar-refractivity contribution in [2.24, 2.45) is 7.05 Å². The molecule has 1 amide bonds. The van der Waals surface area contributed by atoms with Crippen LogP contribution in [0.2, 0.25) is 0 Å². The fraction of sp³-hybridized carbons (Fsp3) is 0.273. The summed E-state index contributed by atoms with van der Waals surface area (Å²) < 4.78 is 20.0. The second kappa shape index (κ2) is 7.95. The van der Waals surface area contributed by atoms with Crippen molar-refractivity contribution in [2.75, 3.05) is 38.2 Å². The van der Waals surface area contributed by atoms with Crippen molar-refractivity contribution in [3.8, 4) is 17.0 Å². The molecule has 1 aliphatic rings. The number of aromatic nitrogens is 2. The fourth-order valence-corrected chi connectivity index (χ4v) is 3.59. The number of rotatable bonds is 4. The van der Waals surface area contributed by atoms with Crippen LogP contribution in [0.4, 0.5) is 10.1 Å². The molecule has 1 aliphatic heterocycles. The Morgan fingerprint density at radius 3 is 2.28 bits per heavy atom. The number of hydrogen-bond acceptors (Lipinski definition) is 4. The summed E-state index contributed by atoms with van der Waals surface area (Å²) in [6.07, 6.45) is 0. The van der Waals surface area contributed by atoms with E-state index in [2.05, 4.69) is 10.00 Å². The van der Waals surface area contributed by atoms with Crippen molar-refractivity contribution >= 4 is 11.6 Å². The molecule has 0 radical (unpaired) electrons. The zero-order valence-electron chi connectivity index (χ0n) is 16.5. The van der Waals surface area contributed by atoms with E-state index in [1.165, 1.54) is 12.1 Å². The zero-order chi connectivity index (χ0) is 20.4. The van der Waals surface area contributed by atoms with E-state index in [0.717, 1.165) is 35.8 Å². The van der Waals surface area contributed by atoms with Gasteiger partial charge in [0.25, 0.3) is 5.91 Å². The number of ether oxygens (including phenoxy) is 1. The number of piperazine rings is 1. The molecule has 4 rings (SSSR count). The summed E-state index contributed by atoms with van der Waals surface area (Å²) in [6, 6.07) is 15.9. The molecule has 0 unspecified atom stereocenters. The maximum Gasteiger partial charge on any atom is 0.274 e. The maximum absolute atomic E-state index is 13.2. The molecule has 1 saturated heterocycles. The van der Waals surface area contributed by atoms with E-state index in [0.29, 0.717) is 18.8 Å². The van der Waals surface area contributed by atoms with Gasteiger partial charge in [0.15, 0.2) is 5.69 Å². The largest absolute Gasteiger partial charge is 0.497 e. The molecule has 6 nitrogen and oxygen atoms in total. The lowest BCUT2D eigenvalue weighted by atomic mass is 10.1. The lowest BCUT2D eigenvalue weighted by molar-refractivity contribution is 0.0740. The van der Waals surface area contributed by atoms with Gasteiger partial charge in [-0.1, -0.05) is 0 Å². The van der Waals surface area contributed by atoms with Crippen LogP contribution in [0.15, 0.2) is 54.6 Å². The van der Waals surface area contributed by atoms with E-state index >= 15 is 0 Å². The van der Waals surface area contributed by atoms with E-state index in [-0.39, 0.29) is 11.7 Å². The van der Waals surface area contributed by atoms with Gasteiger partial charge in [0, 0.05) is 38.9 Å². The predicted molar refractivity (Wildman–Crippen MR) is 110 cm³/mol. The monoisotopic (exact) mass is 394 g/mol. The molecule has 0 atom stereocenters. The van der Waals surface area contributed by atoms with Crippen molar-refractivity contribution in [1.82, 2.24) is 14.7 Å². The van der Waals surface area contributed by atoms with Gasteiger partial charge < -0.3 is 14.5 Å². The standard InChI is InChI=1S/C22H23FN4O2/c1-25-21(16-3-5-17(23)6-4-16)15-20(24-25)22(28)27-13-11-26(12-14-27)18-7-9-19(29-2)10-8-18/h3-10,15H,11-14H2,1-2H3. The van der Waals surface area contributed by atoms with Crippen molar-refractivity contribution in [2.45, 2.75) is 0 Å². The number of hydrogen-bond donors (Lipinski definition) is 0. The van der Waals surface area contributed by atoms with Crippen molar-refractivity contribution in [1.29, 1.82) is 0 Å². The van der Waals surface area contributed by atoms with Gasteiger partial charge in [-0.3, -0.25) is 9.48 Å². The van der Waals surface area contributed by atoms with Gasteiger partial charge >= 0.3 is 0 Å². The Labute approximate surface area is 169 Å². The summed E-state index contributed by atoms with van der Waals surface area (Å²) >= 11 is 0. The summed E-state index contributed by atoms with van der Waals surface area (Å²) in [4.78, 5) is 17.0. The van der Waals surface area contributed by atoms with Gasteiger partial charge in [-0.25, -0.2) is 4.39 Å². The average Bonchev–Trinajstić information content (AvgIpc) is 3.15. The summed E-state index contributed by atoms with van der Waals surface area (Å²) in [6.45, 7) is 2.78. The normalized spacial score (nSPS) is 14.2. The summed E-state index contributed by atoms with van der Waals surface area (Å²) in [5.41, 5.74) is 3.13. The Morgan fingerprint density at radius 1 is 1.00 bits per heavy atom. The first-order chi connectivity index (χ1) is 14.0. The van der Waals surface area contributed by atoms with Crippen LogP contribution in [0.3, 0.4) is 0 Å². The van der Waals surface area contributed by atoms with Gasteiger partial charge in [0.1, 0.15) is 11.6 Å². The molecule has 1 aromatic heterocycles. The van der Waals surface area contributed by atoms with E-state index in [9.17, 15) is 9.18 Å². The molecule has 150 valence electrons. The van der Waals surface area contributed by atoms with E-state index < -0.39 is 0 Å². The third-order valence-corrected chi connectivity index (χ3v) is 5.24. The molecule has 0 bridgehead atoms. The molecule has 0 saturated carbocycles. The van der Waals surface area contributed by atoms with Gasteiger partial charge in [0.05, 0.1) is 12.8 Å². The van der Waals surface area contributed by atoms with E-state index in [1.54, 1.807) is 37.0 Å². The van der Waals surface area contributed by atoms with E-state index in [4.69, 9.17) is 4.74 Å². The minimum atomic E-state index is -0.290. The molecule has 7 heteroatoms. The number of benzene rings is 2. The number of nitrogens with zero attached hydrogens (tertiary/aromatic N) is 4. The average molecular weight is 394 g/mol. The molecule has 2 heterocycles. The first-order valence-electron chi connectivity index (χ1n) is 9.53. The summed E-state index contributed by atoms with van der Waals surface area (Å²) in [5.74, 6) is 0.458. The van der Waals surface area contributed by atoms with Gasteiger partial charge in [0.2, 0.25) is 0 Å². The number of carbonyl (C=O) groups excluding carboxylic acids is 1. The Kier molecular flexibility index (Phi) is 5.20. The first kappa shape index (κ1) is 19.0. The topological polar surface area (TPSA) is 50.6 Å². The highest BCUT2D eigenvalue weighted by atomic mass is 19.1. The van der Waals surface area contributed by atoms with Crippen molar-refractivity contribution < 1.29 is 13.9 Å². The van der Waals surface area contributed by atoms with E-state index in [1.807, 2.05) is 29.2 Å². The Bertz CT molecular complexity index is 991. The van der Waals surface area contributed by atoms with Crippen LogP contribution in [0.5, 0.6) is 5.75 Å². The highest BCUT2D eigenvalue weighted by Crippen LogP contribution is 2.23.